The quantitative estimate of drug-likeness (QED) is 0.208. The Balaban J connectivity index is 0.00000225. The minimum absolute atomic E-state index is 0. The van der Waals surface area contributed by atoms with Gasteiger partial charge in [0.2, 0.25) is 11.8 Å². The minimum Gasteiger partial charge on any atom is -0.357 e. The van der Waals surface area contributed by atoms with Gasteiger partial charge in [-0.15, -0.1) is 24.0 Å². The van der Waals surface area contributed by atoms with Crippen LogP contribution in [0.15, 0.2) is 17.1 Å². The Morgan fingerprint density at radius 2 is 1.80 bits per heavy atom. The number of fused-ring (bicyclic) bond motifs is 5. The van der Waals surface area contributed by atoms with E-state index in [1.807, 2.05) is 6.92 Å². The summed E-state index contributed by atoms with van der Waals surface area (Å²) in [4.78, 5) is 31.2. The number of aliphatic imine (C=N–C) groups is 1. The van der Waals surface area contributed by atoms with E-state index in [0.29, 0.717) is 19.0 Å². The molecule has 2 fully saturated rings. The van der Waals surface area contributed by atoms with Gasteiger partial charge in [0.25, 0.3) is 0 Å². The Labute approximate surface area is 166 Å². The predicted molar refractivity (Wildman–Crippen MR) is 109 cm³/mol. The number of nitrogens with zero attached hydrogens (tertiary/aromatic N) is 2. The number of carbonyl (C=O) groups is 2. The second-order valence-corrected chi connectivity index (χ2v) is 7.37. The molecule has 4 unspecified atom stereocenters. The number of amides is 2. The Bertz CT molecular complexity index is 545. The van der Waals surface area contributed by atoms with E-state index in [1.165, 1.54) is 4.90 Å². The van der Waals surface area contributed by atoms with Crippen molar-refractivity contribution in [1.29, 1.82) is 0 Å². The summed E-state index contributed by atoms with van der Waals surface area (Å²) in [6.07, 6.45) is 5.23. The lowest BCUT2D eigenvalue weighted by Crippen LogP contribution is -2.43. The van der Waals surface area contributed by atoms with Gasteiger partial charge >= 0.3 is 0 Å². The number of carbonyl (C=O) groups excluding carboxylic acids is 2. The molecule has 0 radical (unpaired) electrons. The van der Waals surface area contributed by atoms with Gasteiger partial charge in [-0.3, -0.25) is 19.5 Å². The number of likely N-dealkylation sites (tertiary alicyclic amines) is 1. The molecule has 0 aromatic heterocycles. The average Bonchev–Trinajstić information content (AvgIpc) is 3.21. The number of guanidine groups is 1. The Morgan fingerprint density at radius 1 is 1.20 bits per heavy atom. The molecular weight excluding hydrogens is 431 g/mol. The topological polar surface area (TPSA) is 73.8 Å². The van der Waals surface area contributed by atoms with Crippen LogP contribution in [-0.2, 0) is 9.59 Å². The number of nitrogens with one attached hydrogen (secondary N) is 2. The fraction of sp³-hybridized carbons (Fsp3) is 0.722. The molecule has 6 nitrogen and oxygen atoms in total. The summed E-state index contributed by atoms with van der Waals surface area (Å²) in [5.74, 6) is 1.63. The van der Waals surface area contributed by atoms with Crippen LogP contribution in [0.25, 0.3) is 0 Å². The van der Waals surface area contributed by atoms with E-state index in [4.69, 9.17) is 0 Å². The van der Waals surface area contributed by atoms with Crippen LogP contribution in [-0.4, -0.2) is 48.9 Å². The molecule has 0 aromatic carbocycles. The lowest BCUT2D eigenvalue weighted by atomic mass is 9.85. The van der Waals surface area contributed by atoms with E-state index in [1.54, 1.807) is 0 Å². The SMILES string of the molecule is CCNC(=NCC(C)C)NCCN1C(=O)C2C3C=CC(C3)C2C1=O.I. The first kappa shape index (κ1) is 20.2. The third-order valence-electron chi connectivity index (χ3n) is 5.15. The first-order valence-corrected chi connectivity index (χ1v) is 9.08. The van der Waals surface area contributed by atoms with Gasteiger partial charge in [-0.2, -0.15) is 0 Å². The van der Waals surface area contributed by atoms with Crippen LogP contribution in [0.4, 0.5) is 0 Å². The molecule has 2 bridgehead atoms. The summed E-state index contributed by atoms with van der Waals surface area (Å²) in [5, 5.41) is 6.42. The smallest absolute Gasteiger partial charge is 0.233 e. The van der Waals surface area contributed by atoms with Crippen molar-refractivity contribution in [2.24, 2.45) is 34.6 Å². The van der Waals surface area contributed by atoms with Crippen molar-refractivity contribution < 1.29 is 9.59 Å². The molecule has 25 heavy (non-hydrogen) atoms. The number of hydrogen-bond acceptors (Lipinski definition) is 3. The second-order valence-electron chi connectivity index (χ2n) is 7.37. The Hall–Kier alpha value is -1.12. The molecule has 7 heteroatoms. The molecule has 3 aliphatic rings. The normalized spacial score (nSPS) is 30.1. The van der Waals surface area contributed by atoms with E-state index in [2.05, 4.69) is 41.6 Å². The fourth-order valence-corrected chi connectivity index (χ4v) is 4.09. The summed E-state index contributed by atoms with van der Waals surface area (Å²) in [6.45, 7) is 8.73. The number of imide groups is 1. The van der Waals surface area contributed by atoms with Gasteiger partial charge in [-0.05, 0) is 31.1 Å². The first-order valence-electron chi connectivity index (χ1n) is 9.08. The standard InChI is InChI=1S/C18H28N4O2.HI/c1-4-19-18(21-10-11(2)3)20-7-8-22-16(23)14-12-5-6-13(9-12)15(14)17(22)24;/h5-6,11-15H,4,7-10H2,1-3H3,(H2,19,20,21);1H. The van der Waals surface area contributed by atoms with Gasteiger partial charge in [-0.1, -0.05) is 26.0 Å². The third-order valence-corrected chi connectivity index (χ3v) is 5.15. The molecule has 1 saturated heterocycles. The van der Waals surface area contributed by atoms with Crippen LogP contribution in [0.1, 0.15) is 27.2 Å². The monoisotopic (exact) mass is 460 g/mol. The van der Waals surface area contributed by atoms with Gasteiger partial charge in [-0.25, -0.2) is 0 Å². The van der Waals surface area contributed by atoms with E-state index in [0.717, 1.165) is 25.5 Å². The molecule has 2 N–H and O–H groups in total. The molecule has 1 saturated carbocycles. The molecule has 1 aliphatic heterocycles. The molecule has 0 aromatic rings. The second kappa shape index (κ2) is 8.51. The van der Waals surface area contributed by atoms with Gasteiger partial charge in [0.1, 0.15) is 0 Å². The summed E-state index contributed by atoms with van der Waals surface area (Å²) >= 11 is 0. The van der Waals surface area contributed by atoms with Gasteiger partial charge in [0, 0.05) is 26.2 Å². The number of rotatable bonds is 6. The lowest BCUT2D eigenvalue weighted by molar-refractivity contribution is -0.140. The van der Waals surface area contributed by atoms with Crippen LogP contribution in [0.3, 0.4) is 0 Å². The average molecular weight is 460 g/mol. The third kappa shape index (κ3) is 4.01. The van der Waals surface area contributed by atoms with Crippen molar-refractivity contribution in [2.45, 2.75) is 27.2 Å². The fourth-order valence-electron chi connectivity index (χ4n) is 4.09. The van der Waals surface area contributed by atoms with Crippen LogP contribution in [0.5, 0.6) is 0 Å². The maximum Gasteiger partial charge on any atom is 0.233 e. The van der Waals surface area contributed by atoms with Crippen LogP contribution < -0.4 is 10.6 Å². The number of allylic oxidation sites excluding steroid dienone is 2. The molecule has 1 heterocycles. The maximum absolute atomic E-state index is 12.6. The summed E-state index contributed by atoms with van der Waals surface area (Å²) < 4.78 is 0. The summed E-state index contributed by atoms with van der Waals surface area (Å²) in [7, 11) is 0. The van der Waals surface area contributed by atoms with Crippen molar-refractivity contribution in [3.05, 3.63) is 12.2 Å². The van der Waals surface area contributed by atoms with Gasteiger partial charge < -0.3 is 10.6 Å². The first-order chi connectivity index (χ1) is 11.5. The molecule has 3 rings (SSSR count). The minimum atomic E-state index is -0.102. The molecular formula is C18H29IN4O2. The van der Waals surface area contributed by atoms with Crippen LogP contribution >= 0.6 is 24.0 Å². The Kier molecular flexibility index (Phi) is 6.87. The maximum atomic E-state index is 12.6. The lowest BCUT2D eigenvalue weighted by Gasteiger charge is -2.18. The van der Waals surface area contributed by atoms with E-state index >= 15 is 0 Å². The molecule has 2 amide bonds. The van der Waals surface area contributed by atoms with Crippen molar-refractivity contribution in [3.8, 4) is 0 Å². The number of halogens is 1. The van der Waals surface area contributed by atoms with E-state index < -0.39 is 0 Å². The molecule has 2 aliphatic carbocycles. The highest BCUT2D eigenvalue weighted by Crippen LogP contribution is 2.52. The highest BCUT2D eigenvalue weighted by Gasteiger charge is 2.58. The largest absolute Gasteiger partial charge is 0.357 e. The molecule has 140 valence electrons. The van der Waals surface area contributed by atoms with E-state index in [-0.39, 0.29) is 59.5 Å². The zero-order valence-electron chi connectivity index (χ0n) is 15.2. The molecule has 4 atom stereocenters. The zero-order chi connectivity index (χ0) is 17.3. The van der Waals surface area contributed by atoms with Crippen molar-refractivity contribution in [3.63, 3.8) is 0 Å². The number of hydrogen-bond donors (Lipinski definition) is 2. The summed E-state index contributed by atoms with van der Waals surface area (Å²) in [6, 6.07) is 0. The summed E-state index contributed by atoms with van der Waals surface area (Å²) in [5.41, 5.74) is 0. The highest BCUT2D eigenvalue weighted by molar-refractivity contribution is 14.0. The molecule has 0 spiro atoms. The van der Waals surface area contributed by atoms with E-state index in [9.17, 15) is 9.59 Å². The zero-order valence-corrected chi connectivity index (χ0v) is 17.5. The van der Waals surface area contributed by atoms with Gasteiger partial charge in [0.15, 0.2) is 5.96 Å². The highest BCUT2D eigenvalue weighted by atomic mass is 127. The van der Waals surface area contributed by atoms with Gasteiger partial charge in [0.05, 0.1) is 11.8 Å². The van der Waals surface area contributed by atoms with Crippen molar-refractivity contribution in [1.82, 2.24) is 15.5 Å². The van der Waals surface area contributed by atoms with Crippen molar-refractivity contribution in [2.75, 3.05) is 26.2 Å². The van der Waals surface area contributed by atoms with Crippen LogP contribution in [0, 0.1) is 29.6 Å². The van der Waals surface area contributed by atoms with Crippen molar-refractivity contribution >= 4 is 41.8 Å². The van der Waals surface area contributed by atoms with Crippen LogP contribution in [0.2, 0.25) is 0 Å². The predicted octanol–water partition coefficient (Wildman–Crippen LogP) is 1.62. The Morgan fingerprint density at radius 3 is 2.32 bits per heavy atom.